The molecule has 12 heteroatoms. The molecule has 1 aromatic carbocycles. The first kappa shape index (κ1) is 18.4. The summed E-state index contributed by atoms with van der Waals surface area (Å²) in [6.45, 7) is 0. The van der Waals surface area contributed by atoms with E-state index in [1.54, 1.807) is 0 Å². The molecule has 1 aromatic heterocycles. The Morgan fingerprint density at radius 1 is 1.20 bits per heavy atom. The van der Waals surface area contributed by atoms with Crippen molar-refractivity contribution in [2.45, 2.75) is 18.5 Å². The van der Waals surface area contributed by atoms with Gasteiger partial charge in [0, 0.05) is 0 Å². The number of halogens is 6. The van der Waals surface area contributed by atoms with Crippen LogP contribution in [0.15, 0.2) is 36.7 Å². The maximum Gasteiger partial charge on any atom is 0.439 e. The minimum atomic E-state index is -5.83. The number of ether oxygens (including phenoxy) is 2. The van der Waals surface area contributed by atoms with E-state index in [2.05, 4.69) is 14.9 Å². The van der Waals surface area contributed by atoms with Gasteiger partial charge in [-0.1, -0.05) is 12.1 Å². The summed E-state index contributed by atoms with van der Waals surface area (Å²) >= 11 is 0. The number of hydrogen-bond donors (Lipinski definition) is 2. The van der Waals surface area contributed by atoms with Gasteiger partial charge in [0.15, 0.2) is 5.75 Å². The van der Waals surface area contributed by atoms with E-state index in [4.69, 9.17) is 4.74 Å². The highest BCUT2D eigenvalue weighted by atomic mass is 19.4. The first-order valence-corrected chi connectivity index (χ1v) is 6.44. The number of aromatic nitrogens is 2. The zero-order valence-electron chi connectivity index (χ0n) is 12.0. The van der Waals surface area contributed by atoms with E-state index < -0.39 is 36.0 Å². The number of benzene rings is 1. The Morgan fingerprint density at radius 3 is 2.48 bits per heavy atom. The molecule has 2 N–H and O–H groups in total. The van der Waals surface area contributed by atoms with Crippen LogP contribution in [-0.4, -0.2) is 34.7 Å². The standard InChI is InChI=1S/C13H9F6N3O3/c14-10(12(15,16)17)13(18,19)25-9-4-2-1-3-8(9)22-11(23)24-7-5-20-21-6-7/h1-6,10H,(H,20,21)(H,22,23). The third kappa shape index (κ3) is 4.78. The number of nitrogens with zero attached hydrogens (tertiary/aromatic N) is 1. The predicted molar refractivity (Wildman–Crippen MR) is 71.2 cm³/mol. The number of aromatic amines is 1. The van der Waals surface area contributed by atoms with Gasteiger partial charge in [0.25, 0.3) is 6.17 Å². The molecule has 6 nitrogen and oxygen atoms in total. The Kier molecular flexibility index (Phi) is 5.09. The highest BCUT2D eigenvalue weighted by Crippen LogP contribution is 2.38. The highest BCUT2D eigenvalue weighted by molar-refractivity contribution is 5.88. The van der Waals surface area contributed by atoms with Crippen LogP contribution in [0.1, 0.15) is 0 Å². The molecule has 0 saturated carbocycles. The average Bonchev–Trinajstić information content (AvgIpc) is 3.00. The van der Waals surface area contributed by atoms with Crippen molar-refractivity contribution in [3.05, 3.63) is 36.7 Å². The quantitative estimate of drug-likeness (QED) is 0.784. The molecule has 25 heavy (non-hydrogen) atoms. The molecule has 0 aliphatic carbocycles. The molecule has 0 fully saturated rings. The Hall–Kier alpha value is -2.92. The minimum Gasteiger partial charge on any atom is -0.428 e. The fraction of sp³-hybridized carbons (Fsp3) is 0.231. The number of rotatable bonds is 5. The first-order valence-electron chi connectivity index (χ1n) is 6.44. The number of amides is 1. The van der Waals surface area contributed by atoms with Gasteiger partial charge < -0.3 is 9.47 Å². The number of nitrogens with one attached hydrogen (secondary N) is 2. The molecule has 0 radical (unpaired) electrons. The molecule has 1 heterocycles. The zero-order valence-corrected chi connectivity index (χ0v) is 12.0. The van der Waals surface area contributed by atoms with Crippen LogP contribution < -0.4 is 14.8 Å². The summed E-state index contributed by atoms with van der Waals surface area (Å²) in [5.74, 6) is -0.898. The second-order valence-electron chi connectivity index (χ2n) is 4.51. The number of anilines is 1. The molecule has 0 aliphatic heterocycles. The Morgan fingerprint density at radius 2 is 1.88 bits per heavy atom. The third-order valence-corrected chi connectivity index (χ3v) is 2.64. The monoisotopic (exact) mass is 369 g/mol. The number of H-pyrrole nitrogens is 1. The van der Waals surface area contributed by atoms with Crippen molar-refractivity contribution in [1.29, 1.82) is 0 Å². The van der Waals surface area contributed by atoms with Crippen LogP contribution in [0.25, 0.3) is 0 Å². The molecule has 1 unspecified atom stereocenters. The Labute approximate surface area is 135 Å². The van der Waals surface area contributed by atoms with Crippen LogP contribution in [0.5, 0.6) is 11.5 Å². The second-order valence-corrected chi connectivity index (χ2v) is 4.51. The SMILES string of the molecule is O=C(Nc1ccccc1OC(F)(F)C(F)C(F)(F)F)Oc1cn[nH]c1. The minimum absolute atomic E-state index is 0.0119. The normalized spacial score (nSPS) is 13.2. The maximum absolute atomic E-state index is 13.3. The molecule has 136 valence electrons. The number of para-hydroxylation sites is 2. The number of hydrogen-bond acceptors (Lipinski definition) is 4. The summed E-state index contributed by atoms with van der Waals surface area (Å²) in [5.41, 5.74) is -0.454. The Balaban J connectivity index is 2.13. The fourth-order valence-corrected chi connectivity index (χ4v) is 1.59. The van der Waals surface area contributed by atoms with Gasteiger partial charge in [0.05, 0.1) is 18.1 Å². The van der Waals surface area contributed by atoms with Gasteiger partial charge in [-0.25, -0.2) is 9.18 Å². The van der Waals surface area contributed by atoms with E-state index in [0.29, 0.717) is 0 Å². The van der Waals surface area contributed by atoms with E-state index >= 15 is 0 Å². The smallest absolute Gasteiger partial charge is 0.428 e. The molecule has 2 aromatic rings. The molecule has 0 saturated heterocycles. The van der Waals surface area contributed by atoms with E-state index in [1.165, 1.54) is 12.3 Å². The van der Waals surface area contributed by atoms with Crippen LogP contribution >= 0.6 is 0 Å². The lowest BCUT2D eigenvalue weighted by atomic mass is 10.3. The molecule has 0 spiro atoms. The number of carbonyl (C=O) groups excluding carboxylic acids is 1. The average molecular weight is 369 g/mol. The molecule has 1 amide bonds. The van der Waals surface area contributed by atoms with Gasteiger partial charge >= 0.3 is 18.4 Å². The van der Waals surface area contributed by atoms with E-state index in [-0.39, 0.29) is 5.75 Å². The molecule has 2 rings (SSSR count). The van der Waals surface area contributed by atoms with Crippen molar-refractivity contribution in [2.24, 2.45) is 0 Å². The molecule has 0 aliphatic rings. The van der Waals surface area contributed by atoms with Crippen molar-refractivity contribution in [1.82, 2.24) is 10.2 Å². The Bertz CT molecular complexity index is 720. The molecular formula is C13H9F6N3O3. The van der Waals surface area contributed by atoms with Crippen LogP contribution in [0.2, 0.25) is 0 Å². The lowest BCUT2D eigenvalue weighted by molar-refractivity contribution is -0.304. The van der Waals surface area contributed by atoms with Gasteiger partial charge in [0.1, 0.15) is 5.75 Å². The van der Waals surface area contributed by atoms with Gasteiger partial charge in [-0.05, 0) is 12.1 Å². The topological polar surface area (TPSA) is 76.2 Å². The van der Waals surface area contributed by atoms with Gasteiger partial charge in [-0.2, -0.15) is 27.1 Å². The third-order valence-electron chi connectivity index (χ3n) is 2.64. The van der Waals surface area contributed by atoms with Crippen molar-refractivity contribution < 1.29 is 40.6 Å². The predicted octanol–water partition coefficient (Wildman–Crippen LogP) is 3.89. The van der Waals surface area contributed by atoms with Crippen molar-refractivity contribution in [2.75, 3.05) is 5.32 Å². The maximum atomic E-state index is 13.3. The van der Waals surface area contributed by atoms with Crippen LogP contribution in [0, 0.1) is 0 Å². The molecule has 0 bridgehead atoms. The van der Waals surface area contributed by atoms with Crippen LogP contribution in [-0.2, 0) is 0 Å². The first-order chi connectivity index (χ1) is 11.6. The molecular weight excluding hydrogens is 360 g/mol. The van der Waals surface area contributed by atoms with Gasteiger partial charge in [0.2, 0.25) is 0 Å². The number of carbonyl (C=O) groups is 1. The van der Waals surface area contributed by atoms with Crippen molar-refractivity contribution >= 4 is 11.8 Å². The highest BCUT2D eigenvalue weighted by Gasteiger charge is 2.59. The van der Waals surface area contributed by atoms with E-state index in [0.717, 1.165) is 24.4 Å². The summed E-state index contributed by atoms with van der Waals surface area (Å²) in [6, 6.07) is 4.28. The van der Waals surface area contributed by atoms with Gasteiger partial charge in [-0.3, -0.25) is 10.4 Å². The summed E-state index contributed by atoms with van der Waals surface area (Å²) in [5, 5.41) is 7.81. The van der Waals surface area contributed by atoms with E-state index in [9.17, 15) is 31.1 Å². The van der Waals surface area contributed by atoms with Gasteiger partial charge in [-0.15, -0.1) is 0 Å². The largest absolute Gasteiger partial charge is 0.439 e. The second kappa shape index (κ2) is 6.91. The zero-order chi connectivity index (χ0) is 18.7. The lowest BCUT2D eigenvalue weighted by Gasteiger charge is -2.24. The van der Waals surface area contributed by atoms with E-state index in [1.807, 2.05) is 5.32 Å². The lowest BCUT2D eigenvalue weighted by Crippen LogP contribution is -2.45. The van der Waals surface area contributed by atoms with Crippen LogP contribution in [0.4, 0.5) is 36.8 Å². The summed E-state index contributed by atoms with van der Waals surface area (Å²) in [7, 11) is 0. The van der Waals surface area contributed by atoms with Crippen molar-refractivity contribution in [3.8, 4) is 11.5 Å². The summed E-state index contributed by atoms with van der Waals surface area (Å²) in [6.07, 6.45) is -14.4. The fourth-order valence-electron chi connectivity index (χ4n) is 1.59. The number of alkyl halides is 6. The molecule has 1 atom stereocenters. The van der Waals surface area contributed by atoms with Crippen LogP contribution in [0.3, 0.4) is 0 Å². The summed E-state index contributed by atoms with van der Waals surface area (Å²) in [4.78, 5) is 11.6. The van der Waals surface area contributed by atoms with Crippen molar-refractivity contribution in [3.63, 3.8) is 0 Å². The summed E-state index contributed by atoms with van der Waals surface area (Å²) < 4.78 is 84.5.